The lowest BCUT2D eigenvalue weighted by atomic mass is 9.53. The quantitative estimate of drug-likeness (QED) is 0.455. The molecule has 0 bridgehead atoms. The third-order valence-corrected chi connectivity index (χ3v) is 9.50. The summed E-state index contributed by atoms with van der Waals surface area (Å²) in [7, 11) is 0. The number of carbonyl (C=O) groups is 1. The van der Waals surface area contributed by atoms with E-state index in [1.807, 2.05) is 26.8 Å². The Morgan fingerprint density at radius 3 is 2.26 bits per heavy atom. The van der Waals surface area contributed by atoms with Crippen LogP contribution in [0, 0.1) is 35.0 Å². The Bertz CT molecular complexity index is 1090. The van der Waals surface area contributed by atoms with Crippen molar-refractivity contribution in [1.82, 2.24) is 0 Å². The molecule has 1 aromatic carbocycles. The maximum absolute atomic E-state index is 12.1. The molecule has 35 heavy (non-hydrogen) atoms. The first-order valence-electron chi connectivity index (χ1n) is 13.8. The average Bonchev–Trinajstić information content (AvgIpc) is 3.63. The van der Waals surface area contributed by atoms with Crippen LogP contribution in [0.4, 0.5) is 0 Å². The Morgan fingerprint density at radius 1 is 0.971 bits per heavy atom. The van der Waals surface area contributed by atoms with E-state index in [4.69, 9.17) is 6.42 Å². The van der Waals surface area contributed by atoms with E-state index < -0.39 is 0 Å². The van der Waals surface area contributed by atoms with E-state index in [1.165, 1.54) is 35.1 Å². The molecule has 1 N–H and O–H groups in total. The standard InChI is InChI=1S/C27H32O2.C6H10/c1-27-15-23(18-6-4-17(5-7-18)16-2-3-16)26-21-11-9-20(28)14-19(21)8-10-22(26)24(27)12-13-25(27)29;1-5-6(2,3)4/h4-7,14,16,22-25,29H,2-3,8-13,15H2,1H3;1H,2-4H3. The Balaban J connectivity index is 0.000000380. The van der Waals surface area contributed by atoms with Gasteiger partial charge in [-0.2, -0.15) is 0 Å². The maximum Gasteiger partial charge on any atom is 0.156 e. The zero-order valence-electron chi connectivity index (χ0n) is 22.1. The summed E-state index contributed by atoms with van der Waals surface area (Å²) in [6.45, 7) is 8.38. The number of allylic oxidation sites excluding steroid dienone is 4. The molecule has 5 unspecified atom stereocenters. The third-order valence-electron chi connectivity index (χ3n) is 9.50. The normalized spacial score (nSPS) is 34.1. The molecule has 0 radical (unpaired) electrons. The molecule has 0 aromatic heterocycles. The number of rotatable bonds is 2. The Kier molecular flexibility index (Phi) is 6.38. The number of terminal acetylenes is 1. The summed E-state index contributed by atoms with van der Waals surface area (Å²) in [4.78, 5) is 12.1. The van der Waals surface area contributed by atoms with Gasteiger partial charge in [0.2, 0.25) is 0 Å². The number of ketones is 1. The fourth-order valence-electron chi connectivity index (χ4n) is 7.35. The predicted octanol–water partition coefficient (Wildman–Crippen LogP) is 7.49. The van der Waals surface area contributed by atoms with Crippen molar-refractivity contribution in [3.05, 3.63) is 58.2 Å². The Hall–Kier alpha value is -2.11. The summed E-state index contributed by atoms with van der Waals surface area (Å²) >= 11 is 0. The van der Waals surface area contributed by atoms with Crippen LogP contribution < -0.4 is 0 Å². The fraction of sp³-hybridized carbons (Fsp3) is 0.606. The van der Waals surface area contributed by atoms with Crippen molar-refractivity contribution >= 4 is 5.78 Å². The summed E-state index contributed by atoms with van der Waals surface area (Å²) in [6, 6.07) is 9.47. The topological polar surface area (TPSA) is 37.3 Å². The second-order valence-electron chi connectivity index (χ2n) is 13.0. The lowest BCUT2D eigenvalue weighted by Crippen LogP contribution is -2.45. The third kappa shape index (κ3) is 4.70. The van der Waals surface area contributed by atoms with Crippen molar-refractivity contribution in [1.29, 1.82) is 0 Å². The van der Waals surface area contributed by atoms with Crippen LogP contribution in [0.1, 0.15) is 108 Å². The van der Waals surface area contributed by atoms with Crippen molar-refractivity contribution in [3.8, 4) is 12.3 Å². The lowest BCUT2D eigenvalue weighted by molar-refractivity contribution is -0.114. The first-order chi connectivity index (χ1) is 16.6. The Labute approximate surface area is 212 Å². The van der Waals surface area contributed by atoms with E-state index in [0.29, 0.717) is 30.0 Å². The second-order valence-corrected chi connectivity index (χ2v) is 13.0. The zero-order chi connectivity index (χ0) is 25.0. The van der Waals surface area contributed by atoms with Crippen LogP contribution in [-0.2, 0) is 4.79 Å². The van der Waals surface area contributed by atoms with Crippen LogP contribution in [0.25, 0.3) is 0 Å². The summed E-state index contributed by atoms with van der Waals surface area (Å²) in [6.07, 6.45) is 16.5. The van der Waals surface area contributed by atoms with E-state index in [9.17, 15) is 9.90 Å². The fourth-order valence-corrected chi connectivity index (χ4v) is 7.35. The molecule has 0 aliphatic heterocycles. The number of carbonyl (C=O) groups excluding carboxylic acids is 1. The van der Waals surface area contributed by atoms with E-state index in [2.05, 4.69) is 37.1 Å². The van der Waals surface area contributed by atoms with Gasteiger partial charge in [-0.3, -0.25) is 4.79 Å². The number of benzene rings is 1. The highest BCUT2D eigenvalue weighted by atomic mass is 16.3. The van der Waals surface area contributed by atoms with Gasteiger partial charge in [-0.25, -0.2) is 0 Å². The van der Waals surface area contributed by atoms with Gasteiger partial charge in [0.25, 0.3) is 0 Å². The van der Waals surface area contributed by atoms with Gasteiger partial charge in [0.15, 0.2) is 5.78 Å². The van der Waals surface area contributed by atoms with Gasteiger partial charge in [0.1, 0.15) is 0 Å². The van der Waals surface area contributed by atoms with Crippen molar-refractivity contribution in [2.75, 3.05) is 0 Å². The SMILES string of the molecule is C#CC(C)(C)C.CC12CC(c3ccc(C4CC4)cc3)C3=C4CCC(=O)C=C4CCC3C1CCC2O. The van der Waals surface area contributed by atoms with Crippen molar-refractivity contribution < 1.29 is 9.90 Å². The van der Waals surface area contributed by atoms with Gasteiger partial charge >= 0.3 is 0 Å². The number of fused-ring (bicyclic) bond motifs is 4. The molecule has 6 rings (SSSR count). The molecule has 0 spiro atoms. The molecule has 2 nitrogen and oxygen atoms in total. The predicted molar refractivity (Wildman–Crippen MR) is 143 cm³/mol. The highest BCUT2D eigenvalue weighted by Crippen LogP contribution is 2.63. The van der Waals surface area contributed by atoms with Crippen molar-refractivity contribution in [3.63, 3.8) is 0 Å². The van der Waals surface area contributed by atoms with Crippen LogP contribution in [0.3, 0.4) is 0 Å². The summed E-state index contributed by atoms with van der Waals surface area (Å²) in [5, 5.41) is 11.0. The number of hydrogen-bond donors (Lipinski definition) is 1. The molecule has 1 aromatic rings. The molecule has 5 atom stereocenters. The molecule has 0 amide bonds. The van der Waals surface area contributed by atoms with E-state index >= 15 is 0 Å². The molecule has 3 saturated carbocycles. The molecule has 186 valence electrons. The highest BCUT2D eigenvalue weighted by Gasteiger charge is 2.56. The van der Waals surface area contributed by atoms with Crippen LogP contribution in [-0.4, -0.2) is 17.0 Å². The largest absolute Gasteiger partial charge is 0.393 e. The molecular formula is C33H42O2. The van der Waals surface area contributed by atoms with Gasteiger partial charge in [-0.05, 0) is 124 Å². The highest BCUT2D eigenvalue weighted by molar-refractivity contribution is 5.93. The minimum absolute atomic E-state index is 0.0280. The number of aliphatic hydroxyl groups excluding tert-OH is 1. The van der Waals surface area contributed by atoms with Crippen molar-refractivity contribution in [2.45, 2.75) is 103 Å². The van der Waals surface area contributed by atoms with E-state index in [0.717, 1.165) is 44.4 Å². The summed E-state index contributed by atoms with van der Waals surface area (Å²) in [5.41, 5.74) is 7.51. The molecular weight excluding hydrogens is 428 g/mol. The van der Waals surface area contributed by atoms with E-state index in [-0.39, 0.29) is 16.9 Å². The van der Waals surface area contributed by atoms with Crippen LogP contribution in [0.15, 0.2) is 47.1 Å². The van der Waals surface area contributed by atoms with Crippen LogP contribution in [0.5, 0.6) is 0 Å². The monoisotopic (exact) mass is 470 g/mol. The van der Waals surface area contributed by atoms with Crippen molar-refractivity contribution in [2.24, 2.45) is 22.7 Å². The Morgan fingerprint density at radius 2 is 1.63 bits per heavy atom. The molecule has 0 heterocycles. The van der Waals surface area contributed by atoms with Gasteiger partial charge in [0.05, 0.1) is 6.10 Å². The van der Waals surface area contributed by atoms with E-state index in [1.54, 1.807) is 5.57 Å². The molecule has 2 heteroatoms. The zero-order valence-corrected chi connectivity index (χ0v) is 22.1. The number of hydrogen-bond acceptors (Lipinski definition) is 2. The van der Waals surface area contributed by atoms with Gasteiger partial charge in [0, 0.05) is 17.8 Å². The molecule has 3 fully saturated rings. The smallest absolute Gasteiger partial charge is 0.156 e. The van der Waals surface area contributed by atoms with Gasteiger partial charge in [-0.15, -0.1) is 12.3 Å². The molecule has 0 saturated heterocycles. The maximum atomic E-state index is 12.1. The minimum atomic E-state index is -0.169. The van der Waals surface area contributed by atoms with Crippen LogP contribution in [0.2, 0.25) is 0 Å². The number of aliphatic hydroxyl groups is 1. The minimum Gasteiger partial charge on any atom is -0.393 e. The van der Waals surface area contributed by atoms with Gasteiger partial charge < -0.3 is 5.11 Å². The summed E-state index contributed by atoms with van der Waals surface area (Å²) < 4.78 is 0. The first kappa shape index (κ1) is 24.6. The second kappa shape index (κ2) is 9.08. The lowest BCUT2D eigenvalue weighted by Gasteiger charge is -2.52. The van der Waals surface area contributed by atoms with Gasteiger partial charge in [-0.1, -0.05) is 36.8 Å². The summed E-state index contributed by atoms with van der Waals surface area (Å²) in [5.74, 6) is 5.28. The molecule has 5 aliphatic carbocycles. The average molecular weight is 471 g/mol. The van der Waals surface area contributed by atoms with Crippen LogP contribution >= 0.6 is 0 Å². The molecule has 5 aliphatic rings. The first-order valence-corrected chi connectivity index (χ1v) is 13.8.